The summed E-state index contributed by atoms with van der Waals surface area (Å²) in [5.74, 6) is 0.107. The van der Waals surface area contributed by atoms with Crippen molar-refractivity contribution < 1.29 is 22.8 Å². The molecule has 0 atom stereocenters. The number of halogens is 4. The minimum absolute atomic E-state index is 0.0881. The second-order valence-corrected chi connectivity index (χ2v) is 7.70. The maximum Gasteiger partial charge on any atom is 0.419 e. The molecule has 170 valence electrons. The molecule has 1 aromatic heterocycles. The summed E-state index contributed by atoms with van der Waals surface area (Å²) < 4.78 is 52.8. The molecule has 7 nitrogen and oxygen atoms in total. The van der Waals surface area contributed by atoms with E-state index in [2.05, 4.69) is 20.6 Å². The van der Waals surface area contributed by atoms with Crippen molar-refractivity contribution in [2.24, 2.45) is 17.6 Å². The van der Waals surface area contributed by atoms with Crippen LogP contribution >= 0.6 is 0 Å². The van der Waals surface area contributed by atoms with Gasteiger partial charge in [-0.15, -0.1) is 0 Å². The van der Waals surface area contributed by atoms with Crippen LogP contribution in [0.4, 0.5) is 35.0 Å². The van der Waals surface area contributed by atoms with E-state index in [1.165, 1.54) is 12.3 Å². The molecular weight excluding hydrogens is 416 g/mol. The third-order valence-electron chi connectivity index (χ3n) is 5.59. The van der Waals surface area contributed by atoms with E-state index in [-0.39, 0.29) is 23.7 Å². The van der Waals surface area contributed by atoms with Gasteiger partial charge in [0.05, 0.1) is 11.8 Å². The summed E-state index contributed by atoms with van der Waals surface area (Å²) in [6.45, 7) is 1.11. The van der Waals surface area contributed by atoms with Gasteiger partial charge in [0, 0.05) is 18.7 Å². The summed E-state index contributed by atoms with van der Waals surface area (Å²) in [5, 5.41) is 15.2. The third-order valence-corrected chi connectivity index (χ3v) is 5.59. The highest BCUT2D eigenvalue weighted by atomic mass is 19.4. The lowest BCUT2D eigenvalue weighted by Crippen LogP contribution is -2.25. The van der Waals surface area contributed by atoms with Crippen LogP contribution < -0.4 is 21.8 Å². The van der Waals surface area contributed by atoms with Gasteiger partial charge in [-0.3, -0.25) is 10.7 Å². The summed E-state index contributed by atoms with van der Waals surface area (Å²) >= 11 is 0. The standard InChI is InChI=1S/C20H26F4N6O/c21-17-14(2-1-3-15(17)20(22,23)24)10-27-19-28-11-16(30-31)18(29-19)26-9-13-6-4-12(8-25)5-7-13/h1-3,11-13,30-31H,4-10,25H2,(H2,26,27,28,29). The van der Waals surface area contributed by atoms with Crippen molar-refractivity contribution in [1.82, 2.24) is 9.97 Å². The average Bonchev–Trinajstić information content (AvgIpc) is 2.76. The van der Waals surface area contributed by atoms with Gasteiger partial charge in [-0.1, -0.05) is 12.1 Å². The molecule has 0 saturated heterocycles. The number of benzene rings is 1. The van der Waals surface area contributed by atoms with Crippen molar-refractivity contribution in [2.75, 3.05) is 29.2 Å². The first-order valence-corrected chi connectivity index (χ1v) is 10.1. The number of hydrogen-bond acceptors (Lipinski definition) is 7. The van der Waals surface area contributed by atoms with Gasteiger partial charge in [0.25, 0.3) is 0 Å². The number of alkyl halides is 3. The molecule has 2 aromatic rings. The van der Waals surface area contributed by atoms with Gasteiger partial charge in [-0.25, -0.2) is 9.37 Å². The van der Waals surface area contributed by atoms with Crippen molar-refractivity contribution in [3.8, 4) is 0 Å². The Morgan fingerprint density at radius 3 is 2.45 bits per heavy atom. The van der Waals surface area contributed by atoms with Crippen LogP contribution in [-0.2, 0) is 12.7 Å². The monoisotopic (exact) mass is 442 g/mol. The lowest BCUT2D eigenvalue weighted by atomic mass is 9.82. The van der Waals surface area contributed by atoms with Crippen molar-refractivity contribution in [2.45, 2.75) is 38.4 Å². The molecule has 0 unspecified atom stereocenters. The lowest BCUT2D eigenvalue weighted by molar-refractivity contribution is -0.140. The Morgan fingerprint density at radius 2 is 1.81 bits per heavy atom. The second kappa shape index (κ2) is 10.1. The smallest absolute Gasteiger partial charge is 0.368 e. The zero-order chi connectivity index (χ0) is 22.4. The SMILES string of the molecule is NCC1CCC(CNc2nc(NCc3cccc(C(F)(F)F)c3F)ncc2NO)CC1. The third kappa shape index (κ3) is 5.95. The zero-order valence-electron chi connectivity index (χ0n) is 16.8. The van der Waals surface area contributed by atoms with Crippen LogP contribution in [0.2, 0.25) is 0 Å². The first kappa shape index (κ1) is 23.0. The first-order valence-electron chi connectivity index (χ1n) is 10.1. The molecule has 0 spiro atoms. The molecule has 0 amide bonds. The number of nitrogens with two attached hydrogens (primary N) is 1. The quantitative estimate of drug-likeness (QED) is 0.308. The Bertz CT molecular complexity index is 871. The molecule has 1 fully saturated rings. The highest BCUT2D eigenvalue weighted by Gasteiger charge is 2.34. The number of anilines is 3. The van der Waals surface area contributed by atoms with Gasteiger partial charge in [-0.05, 0) is 50.1 Å². The van der Waals surface area contributed by atoms with Crippen LogP contribution in [0.15, 0.2) is 24.4 Å². The predicted molar refractivity (Wildman–Crippen MR) is 109 cm³/mol. The normalized spacial score (nSPS) is 19.2. The van der Waals surface area contributed by atoms with Crippen molar-refractivity contribution in [3.63, 3.8) is 0 Å². The molecule has 31 heavy (non-hydrogen) atoms. The van der Waals surface area contributed by atoms with Crippen LogP contribution in [-0.4, -0.2) is 28.3 Å². The summed E-state index contributed by atoms with van der Waals surface area (Å²) in [6.07, 6.45) is 0.792. The van der Waals surface area contributed by atoms with Gasteiger partial charge in [0.15, 0.2) is 5.82 Å². The van der Waals surface area contributed by atoms with Crippen molar-refractivity contribution >= 4 is 17.5 Å². The fourth-order valence-electron chi connectivity index (χ4n) is 3.71. The molecule has 6 N–H and O–H groups in total. The van der Waals surface area contributed by atoms with Crippen LogP contribution in [0.25, 0.3) is 0 Å². The van der Waals surface area contributed by atoms with E-state index < -0.39 is 17.6 Å². The summed E-state index contributed by atoms with van der Waals surface area (Å²) in [5.41, 5.74) is 6.52. The lowest BCUT2D eigenvalue weighted by Gasteiger charge is -2.28. The number of nitrogens with zero attached hydrogens (tertiary/aromatic N) is 2. The van der Waals surface area contributed by atoms with Crippen LogP contribution in [0, 0.1) is 17.7 Å². The number of nitrogens with one attached hydrogen (secondary N) is 3. The summed E-state index contributed by atoms with van der Waals surface area (Å²) in [7, 11) is 0. The average molecular weight is 442 g/mol. The Kier molecular flexibility index (Phi) is 7.50. The van der Waals surface area contributed by atoms with E-state index in [4.69, 9.17) is 5.73 Å². The van der Waals surface area contributed by atoms with Gasteiger partial charge < -0.3 is 16.4 Å². The van der Waals surface area contributed by atoms with Crippen LogP contribution in [0.5, 0.6) is 0 Å². The van der Waals surface area contributed by atoms with Gasteiger partial charge in [-0.2, -0.15) is 18.2 Å². The van der Waals surface area contributed by atoms with Crippen LogP contribution in [0.3, 0.4) is 0 Å². The van der Waals surface area contributed by atoms with Gasteiger partial charge in [0.2, 0.25) is 5.95 Å². The molecule has 1 heterocycles. The van der Waals surface area contributed by atoms with Crippen molar-refractivity contribution in [1.29, 1.82) is 0 Å². The molecule has 1 saturated carbocycles. The van der Waals surface area contributed by atoms with Gasteiger partial charge >= 0.3 is 6.18 Å². The minimum Gasteiger partial charge on any atom is -0.368 e. The molecule has 0 aliphatic heterocycles. The van der Waals surface area contributed by atoms with E-state index in [1.54, 1.807) is 0 Å². The van der Waals surface area contributed by atoms with E-state index in [0.29, 0.717) is 36.8 Å². The predicted octanol–water partition coefficient (Wildman–Crippen LogP) is 4.22. The largest absolute Gasteiger partial charge is 0.419 e. The maximum atomic E-state index is 14.2. The second-order valence-electron chi connectivity index (χ2n) is 7.70. The van der Waals surface area contributed by atoms with E-state index in [9.17, 15) is 22.8 Å². The Hall–Kier alpha value is -2.66. The molecule has 11 heteroatoms. The summed E-state index contributed by atoms with van der Waals surface area (Å²) in [4.78, 5) is 8.25. The van der Waals surface area contributed by atoms with E-state index >= 15 is 0 Å². The van der Waals surface area contributed by atoms with E-state index in [1.807, 2.05) is 5.48 Å². The first-order chi connectivity index (χ1) is 14.8. The molecule has 0 radical (unpaired) electrons. The van der Waals surface area contributed by atoms with E-state index in [0.717, 1.165) is 31.7 Å². The molecule has 1 aliphatic carbocycles. The maximum absolute atomic E-state index is 14.2. The zero-order valence-corrected chi connectivity index (χ0v) is 16.8. The highest BCUT2D eigenvalue weighted by Crippen LogP contribution is 2.33. The Labute approximate surface area is 177 Å². The van der Waals surface area contributed by atoms with Crippen LogP contribution in [0.1, 0.15) is 36.8 Å². The number of rotatable bonds is 8. The van der Waals surface area contributed by atoms with Gasteiger partial charge in [0.1, 0.15) is 11.5 Å². The fraction of sp³-hybridized carbons (Fsp3) is 0.500. The van der Waals surface area contributed by atoms with Crippen molar-refractivity contribution in [3.05, 3.63) is 41.3 Å². The fourth-order valence-corrected chi connectivity index (χ4v) is 3.71. The molecule has 0 bridgehead atoms. The molecule has 1 aliphatic rings. The molecule has 3 rings (SSSR count). The Balaban J connectivity index is 1.64. The molecule has 1 aromatic carbocycles. The topological polar surface area (TPSA) is 108 Å². The number of hydrogen-bond donors (Lipinski definition) is 5. The highest BCUT2D eigenvalue weighted by molar-refractivity contribution is 5.63. The number of aromatic nitrogens is 2. The minimum atomic E-state index is -4.77. The summed E-state index contributed by atoms with van der Waals surface area (Å²) in [6, 6.07) is 3.10. The Morgan fingerprint density at radius 1 is 1.10 bits per heavy atom. The molecular formula is C20H26F4N6O.